The summed E-state index contributed by atoms with van der Waals surface area (Å²) < 4.78 is 16.5. The number of nitrogen functional groups attached to an aromatic ring is 1. The number of carbonyl (C=O) groups is 2. The number of carbonyl (C=O) groups excluding carboxylic acids is 2. The molecule has 1 aliphatic carbocycles. The first kappa shape index (κ1) is 23.4. The molecule has 1 aromatic heterocycles. The second-order valence-corrected chi connectivity index (χ2v) is 9.89. The first-order valence-corrected chi connectivity index (χ1v) is 12.3. The van der Waals surface area contributed by atoms with Gasteiger partial charge in [0.05, 0.1) is 26.7 Å². The second kappa shape index (κ2) is 9.05. The molecule has 2 N–H and O–H groups in total. The van der Waals surface area contributed by atoms with E-state index in [4.69, 9.17) is 24.9 Å². The molecule has 3 fully saturated rings. The number of nitrogens with two attached hydrogens (primary N) is 1. The van der Waals surface area contributed by atoms with Crippen molar-refractivity contribution >= 4 is 34.5 Å². The van der Waals surface area contributed by atoms with Crippen LogP contribution in [0.4, 0.5) is 11.8 Å². The van der Waals surface area contributed by atoms with Crippen molar-refractivity contribution in [2.45, 2.75) is 57.4 Å². The van der Waals surface area contributed by atoms with Crippen LogP contribution in [0.3, 0.4) is 0 Å². The molecule has 0 unspecified atom stereocenters. The number of aromatic nitrogens is 2. The SMILES string of the molecule is COc1cc2c(N)nc(N3CCC(N4C(=O)CC5(CCCC5)CC4=O)CC3)nc2c(OC)c1OC. The van der Waals surface area contributed by atoms with Crippen LogP contribution in [0.15, 0.2) is 6.07 Å². The highest BCUT2D eigenvalue weighted by Crippen LogP contribution is 2.48. The van der Waals surface area contributed by atoms with Crippen LogP contribution in [0, 0.1) is 5.41 Å². The third-order valence-corrected chi connectivity index (χ3v) is 7.88. The molecule has 2 aromatic rings. The Bertz CT molecular complexity index is 1130. The maximum absolute atomic E-state index is 13.0. The number of hydrogen-bond donors (Lipinski definition) is 1. The first-order valence-electron chi connectivity index (χ1n) is 12.3. The highest BCUT2D eigenvalue weighted by atomic mass is 16.5. The van der Waals surface area contributed by atoms with Gasteiger partial charge in [0.1, 0.15) is 11.3 Å². The highest BCUT2D eigenvalue weighted by molar-refractivity contribution is 5.99. The molecule has 2 saturated heterocycles. The molecule has 10 heteroatoms. The minimum Gasteiger partial charge on any atom is -0.493 e. The summed E-state index contributed by atoms with van der Waals surface area (Å²) in [6, 6.07) is 1.66. The fraction of sp³-hybridized carbons (Fsp3) is 0.600. The first-order chi connectivity index (χ1) is 16.9. The quantitative estimate of drug-likeness (QED) is 0.640. The van der Waals surface area contributed by atoms with Crippen LogP contribution in [-0.4, -0.2) is 67.1 Å². The number of amides is 2. The zero-order valence-corrected chi connectivity index (χ0v) is 20.6. The van der Waals surface area contributed by atoms with Crippen molar-refractivity contribution in [2.75, 3.05) is 45.1 Å². The van der Waals surface area contributed by atoms with E-state index < -0.39 is 0 Å². The number of ether oxygens (including phenoxy) is 3. The van der Waals surface area contributed by atoms with E-state index in [1.165, 1.54) is 0 Å². The molecule has 1 saturated carbocycles. The van der Waals surface area contributed by atoms with Crippen LogP contribution in [0.2, 0.25) is 0 Å². The maximum Gasteiger partial charge on any atom is 0.230 e. The molecule has 188 valence electrons. The topological polar surface area (TPSA) is 120 Å². The molecule has 10 nitrogen and oxygen atoms in total. The van der Waals surface area contributed by atoms with E-state index in [1.54, 1.807) is 32.3 Å². The van der Waals surface area contributed by atoms with Crippen molar-refractivity contribution in [3.8, 4) is 17.2 Å². The van der Waals surface area contributed by atoms with Crippen molar-refractivity contribution in [2.24, 2.45) is 5.41 Å². The molecule has 2 aliphatic heterocycles. The Morgan fingerprint density at radius 3 is 2.14 bits per heavy atom. The molecule has 35 heavy (non-hydrogen) atoms. The molecule has 3 heterocycles. The zero-order valence-electron chi connectivity index (χ0n) is 20.6. The number of methoxy groups -OCH3 is 3. The molecule has 0 bridgehead atoms. The van der Waals surface area contributed by atoms with E-state index in [2.05, 4.69) is 4.98 Å². The Hall–Kier alpha value is -3.30. The minimum atomic E-state index is -0.0818. The molecule has 0 radical (unpaired) electrons. The summed E-state index contributed by atoms with van der Waals surface area (Å²) in [5.41, 5.74) is 6.77. The fourth-order valence-electron chi connectivity index (χ4n) is 6.11. The van der Waals surface area contributed by atoms with Gasteiger partial charge >= 0.3 is 0 Å². The van der Waals surface area contributed by atoms with Crippen molar-refractivity contribution in [3.05, 3.63) is 6.07 Å². The van der Waals surface area contributed by atoms with Gasteiger partial charge in [-0.15, -0.1) is 0 Å². The molecule has 0 atom stereocenters. The lowest BCUT2D eigenvalue weighted by Crippen LogP contribution is -2.55. The average molecular weight is 484 g/mol. The summed E-state index contributed by atoms with van der Waals surface area (Å²) in [6.45, 7) is 1.24. The third-order valence-electron chi connectivity index (χ3n) is 7.88. The smallest absolute Gasteiger partial charge is 0.230 e. The normalized spacial score (nSPS) is 20.7. The Morgan fingerprint density at radius 2 is 1.57 bits per heavy atom. The van der Waals surface area contributed by atoms with E-state index >= 15 is 0 Å². The van der Waals surface area contributed by atoms with Crippen LogP contribution in [0.5, 0.6) is 17.2 Å². The summed E-state index contributed by atoms with van der Waals surface area (Å²) in [4.78, 5) is 38.9. The molecule has 1 spiro atoms. The van der Waals surface area contributed by atoms with Crippen LogP contribution >= 0.6 is 0 Å². The molecular formula is C25H33N5O5. The summed E-state index contributed by atoms with van der Waals surface area (Å²) in [5, 5.41) is 0.614. The van der Waals surface area contributed by atoms with E-state index in [-0.39, 0.29) is 23.3 Å². The lowest BCUT2D eigenvalue weighted by atomic mass is 9.75. The van der Waals surface area contributed by atoms with Crippen LogP contribution in [0.25, 0.3) is 10.9 Å². The van der Waals surface area contributed by atoms with Crippen molar-refractivity contribution < 1.29 is 23.8 Å². The minimum absolute atomic E-state index is 0.00132. The van der Waals surface area contributed by atoms with Gasteiger partial charge in [0.15, 0.2) is 11.5 Å². The number of benzene rings is 1. The summed E-state index contributed by atoms with van der Waals surface area (Å²) >= 11 is 0. The lowest BCUT2D eigenvalue weighted by Gasteiger charge is -2.43. The van der Waals surface area contributed by atoms with E-state index in [0.717, 1.165) is 25.7 Å². The lowest BCUT2D eigenvalue weighted by molar-refractivity contribution is -0.156. The van der Waals surface area contributed by atoms with Gasteiger partial charge < -0.3 is 24.8 Å². The Balaban J connectivity index is 1.35. The van der Waals surface area contributed by atoms with Gasteiger partial charge in [-0.1, -0.05) is 12.8 Å². The van der Waals surface area contributed by atoms with E-state index in [1.807, 2.05) is 4.90 Å². The van der Waals surface area contributed by atoms with Crippen LogP contribution in [-0.2, 0) is 9.59 Å². The standard InChI is InChI=1S/C25H33N5O5/c1-33-17-12-16-20(22(35-3)21(17)34-2)27-24(28-23(16)26)29-10-6-15(7-11-29)30-18(31)13-25(14-19(30)32)8-4-5-9-25/h12,15H,4-11,13-14H2,1-3H3,(H2,26,27,28). The predicted octanol–water partition coefficient (Wildman–Crippen LogP) is 2.92. The van der Waals surface area contributed by atoms with Crippen LogP contribution in [0.1, 0.15) is 51.4 Å². The highest BCUT2D eigenvalue weighted by Gasteiger charge is 2.47. The van der Waals surface area contributed by atoms with Gasteiger partial charge in [0.25, 0.3) is 0 Å². The largest absolute Gasteiger partial charge is 0.493 e. The van der Waals surface area contributed by atoms with E-state index in [0.29, 0.717) is 78.7 Å². The Morgan fingerprint density at radius 1 is 0.943 bits per heavy atom. The van der Waals surface area contributed by atoms with Gasteiger partial charge in [0, 0.05) is 32.0 Å². The average Bonchev–Trinajstić information content (AvgIpc) is 3.29. The molecule has 5 rings (SSSR count). The predicted molar refractivity (Wildman–Crippen MR) is 131 cm³/mol. The number of likely N-dealkylation sites (tertiary alicyclic amines) is 1. The molecule has 3 aliphatic rings. The van der Waals surface area contributed by atoms with Crippen molar-refractivity contribution in [1.29, 1.82) is 0 Å². The number of imide groups is 1. The van der Waals surface area contributed by atoms with Gasteiger partial charge in [-0.3, -0.25) is 14.5 Å². The van der Waals surface area contributed by atoms with Crippen molar-refractivity contribution in [1.82, 2.24) is 14.9 Å². The van der Waals surface area contributed by atoms with Gasteiger partial charge in [-0.05, 0) is 37.2 Å². The molecule has 1 aromatic carbocycles. The van der Waals surface area contributed by atoms with Gasteiger partial charge in [0.2, 0.25) is 23.5 Å². The maximum atomic E-state index is 13.0. The number of nitrogens with zero attached hydrogens (tertiary/aromatic N) is 4. The van der Waals surface area contributed by atoms with Crippen molar-refractivity contribution in [3.63, 3.8) is 0 Å². The summed E-state index contributed by atoms with van der Waals surface area (Å²) in [7, 11) is 4.63. The Kier molecular flexibility index (Phi) is 6.06. The fourth-order valence-corrected chi connectivity index (χ4v) is 6.11. The third kappa shape index (κ3) is 3.98. The molecule has 2 amide bonds. The number of hydrogen-bond acceptors (Lipinski definition) is 9. The van der Waals surface area contributed by atoms with Gasteiger partial charge in [-0.25, -0.2) is 4.98 Å². The number of piperidine rings is 2. The Labute approximate surface area is 204 Å². The number of anilines is 2. The summed E-state index contributed by atoms with van der Waals surface area (Å²) in [5.74, 6) is 2.15. The summed E-state index contributed by atoms with van der Waals surface area (Å²) in [6.07, 6.45) is 6.61. The van der Waals surface area contributed by atoms with Gasteiger partial charge in [-0.2, -0.15) is 4.98 Å². The monoisotopic (exact) mass is 483 g/mol. The van der Waals surface area contributed by atoms with Crippen LogP contribution < -0.4 is 24.8 Å². The molecular weight excluding hydrogens is 450 g/mol. The number of fused-ring (bicyclic) bond motifs is 1. The van der Waals surface area contributed by atoms with E-state index in [9.17, 15) is 9.59 Å². The second-order valence-electron chi connectivity index (χ2n) is 9.89. The zero-order chi connectivity index (χ0) is 24.7. The number of rotatable bonds is 5.